The van der Waals surface area contributed by atoms with Crippen LogP contribution in [-0.4, -0.2) is 11.1 Å². The number of halogens is 2. The monoisotopic (exact) mass is 385 g/mol. The molecule has 0 aliphatic heterocycles. The van der Waals surface area contributed by atoms with Crippen molar-refractivity contribution in [3.63, 3.8) is 0 Å². The lowest BCUT2D eigenvalue weighted by Crippen LogP contribution is -2.02. The summed E-state index contributed by atoms with van der Waals surface area (Å²) in [5.74, 6) is -0.656. The molecule has 2 N–H and O–H groups in total. The maximum Gasteiger partial charge on any atom is 0.335 e. The van der Waals surface area contributed by atoms with Gasteiger partial charge in [-0.2, -0.15) is 0 Å². The largest absolute Gasteiger partial charge is 0.489 e. The van der Waals surface area contributed by atoms with Crippen LogP contribution in [0.5, 0.6) is 5.75 Å². The van der Waals surface area contributed by atoms with Crippen LogP contribution in [0.1, 0.15) is 21.5 Å². The van der Waals surface area contributed by atoms with Gasteiger partial charge in [0.2, 0.25) is 0 Å². The van der Waals surface area contributed by atoms with Crippen LogP contribution in [-0.2, 0) is 13.2 Å². The first kappa shape index (κ1) is 18.7. The summed E-state index contributed by atoms with van der Waals surface area (Å²) in [5, 5.41) is 12.5. The van der Waals surface area contributed by atoms with Gasteiger partial charge in [-0.15, -0.1) is 0 Å². The van der Waals surface area contributed by atoms with E-state index in [0.29, 0.717) is 22.9 Å². The van der Waals surface area contributed by atoms with Crippen LogP contribution in [0.3, 0.4) is 0 Å². The third-order valence-electron chi connectivity index (χ3n) is 3.94. The molecule has 4 nitrogen and oxygen atoms in total. The number of carboxylic acids is 1. The molecule has 3 aromatic carbocycles. The highest BCUT2D eigenvalue weighted by molar-refractivity contribution is 6.31. The van der Waals surface area contributed by atoms with Crippen LogP contribution in [0.25, 0.3) is 0 Å². The molecule has 27 heavy (non-hydrogen) atoms. The van der Waals surface area contributed by atoms with Crippen LogP contribution >= 0.6 is 11.6 Å². The van der Waals surface area contributed by atoms with Gasteiger partial charge >= 0.3 is 5.97 Å². The summed E-state index contributed by atoms with van der Waals surface area (Å²) in [6.45, 7) is 0.799. The second-order valence-corrected chi connectivity index (χ2v) is 6.32. The summed E-state index contributed by atoms with van der Waals surface area (Å²) < 4.78 is 18.8. The predicted octanol–water partition coefficient (Wildman–Crippen LogP) is 5.37. The Kier molecular flexibility index (Phi) is 5.94. The van der Waals surface area contributed by atoms with Gasteiger partial charge in [-0.1, -0.05) is 29.8 Å². The molecule has 0 unspecified atom stereocenters. The molecule has 3 rings (SSSR count). The van der Waals surface area contributed by atoms with Crippen molar-refractivity contribution in [2.75, 3.05) is 5.32 Å². The number of aromatic carboxylic acids is 1. The van der Waals surface area contributed by atoms with E-state index in [2.05, 4.69) is 5.32 Å². The Labute approximate surface area is 161 Å². The van der Waals surface area contributed by atoms with Crippen LogP contribution in [0, 0.1) is 5.82 Å². The molecule has 0 spiro atoms. The molecular weight excluding hydrogens is 369 g/mol. The van der Waals surface area contributed by atoms with Crippen LogP contribution in [0.2, 0.25) is 5.02 Å². The normalized spacial score (nSPS) is 10.4. The molecule has 0 saturated carbocycles. The maximum absolute atomic E-state index is 13.1. The molecule has 0 atom stereocenters. The van der Waals surface area contributed by atoms with Gasteiger partial charge in [0.05, 0.1) is 10.6 Å². The summed E-state index contributed by atoms with van der Waals surface area (Å²) in [4.78, 5) is 10.9. The molecule has 6 heteroatoms. The van der Waals surface area contributed by atoms with Crippen molar-refractivity contribution in [3.05, 3.63) is 94.3 Å². The molecule has 0 bridgehead atoms. The Morgan fingerprint density at radius 3 is 2.56 bits per heavy atom. The van der Waals surface area contributed by atoms with Crippen molar-refractivity contribution in [1.29, 1.82) is 0 Å². The van der Waals surface area contributed by atoms with Gasteiger partial charge in [-0.05, 0) is 54.1 Å². The number of nitrogens with one attached hydrogen (secondary N) is 1. The Balaban J connectivity index is 1.59. The fourth-order valence-corrected chi connectivity index (χ4v) is 2.70. The summed E-state index contributed by atoms with van der Waals surface area (Å²) in [5.41, 5.74) is 2.78. The average molecular weight is 386 g/mol. The zero-order valence-corrected chi connectivity index (χ0v) is 15.0. The van der Waals surface area contributed by atoms with Gasteiger partial charge in [-0.25, -0.2) is 9.18 Å². The van der Waals surface area contributed by atoms with Crippen molar-refractivity contribution in [2.45, 2.75) is 13.2 Å². The van der Waals surface area contributed by atoms with E-state index in [9.17, 15) is 9.18 Å². The number of hydrogen-bond acceptors (Lipinski definition) is 3. The highest BCUT2D eigenvalue weighted by Gasteiger charge is 2.05. The van der Waals surface area contributed by atoms with E-state index in [1.165, 1.54) is 12.1 Å². The van der Waals surface area contributed by atoms with Gasteiger partial charge in [0.15, 0.2) is 0 Å². The standard InChI is InChI=1S/C21H17ClFNO3/c22-20-11-17(23)7-4-16(20)13-27-19-3-1-2-14(10-19)12-24-18-8-5-15(6-9-18)21(25)26/h1-11,24H,12-13H2,(H,25,26). The van der Waals surface area contributed by atoms with Crippen molar-refractivity contribution < 1.29 is 19.0 Å². The Bertz CT molecular complexity index is 944. The highest BCUT2D eigenvalue weighted by atomic mass is 35.5. The summed E-state index contributed by atoms with van der Waals surface area (Å²) in [6, 6.07) is 18.3. The Hall–Kier alpha value is -3.05. The second kappa shape index (κ2) is 8.56. The maximum atomic E-state index is 13.1. The lowest BCUT2D eigenvalue weighted by atomic mass is 10.2. The highest BCUT2D eigenvalue weighted by Crippen LogP contribution is 2.21. The second-order valence-electron chi connectivity index (χ2n) is 5.91. The molecule has 0 heterocycles. The number of benzene rings is 3. The minimum Gasteiger partial charge on any atom is -0.489 e. The first-order chi connectivity index (χ1) is 13.0. The van der Waals surface area contributed by atoms with E-state index >= 15 is 0 Å². The molecule has 0 fully saturated rings. The zero-order chi connectivity index (χ0) is 19.2. The van der Waals surface area contributed by atoms with Gasteiger partial charge in [0, 0.05) is 17.8 Å². The van der Waals surface area contributed by atoms with E-state index in [-0.39, 0.29) is 18.0 Å². The lowest BCUT2D eigenvalue weighted by molar-refractivity contribution is 0.0697. The van der Waals surface area contributed by atoms with Gasteiger partial charge in [0.1, 0.15) is 18.2 Å². The minimum atomic E-state index is -0.951. The molecule has 0 aliphatic rings. The quantitative estimate of drug-likeness (QED) is 0.574. The van der Waals surface area contributed by atoms with Gasteiger partial charge < -0.3 is 15.2 Å². The first-order valence-corrected chi connectivity index (χ1v) is 8.62. The van der Waals surface area contributed by atoms with Gasteiger partial charge in [-0.3, -0.25) is 0 Å². The average Bonchev–Trinajstić information content (AvgIpc) is 2.66. The number of carboxylic acid groups (broad SMARTS) is 1. The Morgan fingerprint density at radius 1 is 1.07 bits per heavy atom. The molecule has 0 saturated heterocycles. The fourth-order valence-electron chi connectivity index (χ4n) is 2.48. The van der Waals surface area contributed by atoms with E-state index < -0.39 is 5.97 Å². The number of ether oxygens (including phenoxy) is 1. The summed E-state index contributed by atoms with van der Waals surface area (Å²) in [6.07, 6.45) is 0. The van der Waals surface area contributed by atoms with Crippen molar-refractivity contribution in [1.82, 2.24) is 0 Å². The summed E-state index contributed by atoms with van der Waals surface area (Å²) in [7, 11) is 0. The molecule has 0 aliphatic carbocycles. The smallest absolute Gasteiger partial charge is 0.335 e. The first-order valence-electron chi connectivity index (χ1n) is 8.24. The predicted molar refractivity (Wildman–Crippen MR) is 103 cm³/mol. The van der Waals surface area contributed by atoms with Crippen molar-refractivity contribution in [2.24, 2.45) is 0 Å². The lowest BCUT2D eigenvalue weighted by Gasteiger charge is -2.11. The van der Waals surface area contributed by atoms with E-state index in [1.807, 2.05) is 24.3 Å². The summed E-state index contributed by atoms with van der Waals surface area (Å²) >= 11 is 6.01. The molecule has 0 radical (unpaired) electrons. The van der Waals surface area contributed by atoms with E-state index in [0.717, 1.165) is 11.3 Å². The minimum absolute atomic E-state index is 0.243. The Morgan fingerprint density at radius 2 is 1.85 bits per heavy atom. The number of carbonyl (C=O) groups is 1. The van der Waals surface area contributed by atoms with E-state index in [4.69, 9.17) is 21.4 Å². The molecule has 0 amide bonds. The molecule has 0 aromatic heterocycles. The van der Waals surface area contributed by atoms with Crippen molar-refractivity contribution >= 4 is 23.3 Å². The molecular formula is C21H17ClFNO3. The van der Waals surface area contributed by atoms with Gasteiger partial charge in [0.25, 0.3) is 0 Å². The zero-order valence-electron chi connectivity index (χ0n) is 14.3. The third-order valence-corrected chi connectivity index (χ3v) is 4.29. The third kappa shape index (κ3) is 5.21. The van der Waals surface area contributed by atoms with Crippen molar-refractivity contribution in [3.8, 4) is 5.75 Å². The van der Waals surface area contributed by atoms with Crippen LogP contribution in [0.4, 0.5) is 10.1 Å². The number of anilines is 1. The van der Waals surface area contributed by atoms with Crippen LogP contribution in [0.15, 0.2) is 66.7 Å². The number of rotatable bonds is 7. The molecule has 3 aromatic rings. The topological polar surface area (TPSA) is 58.6 Å². The SMILES string of the molecule is O=C(O)c1ccc(NCc2cccc(OCc3ccc(F)cc3Cl)c2)cc1. The number of hydrogen-bond donors (Lipinski definition) is 2. The van der Waals surface area contributed by atoms with E-state index in [1.54, 1.807) is 30.3 Å². The fraction of sp³-hybridized carbons (Fsp3) is 0.0952. The molecule has 138 valence electrons. The van der Waals surface area contributed by atoms with Crippen LogP contribution < -0.4 is 10.1 Å².